The Morgan fingerprint density at radius 1 is 1.03 bits per heavy atom. The molecule has 2 atom stereocenters. The van der Waals surface area contributed by atoms with Crippen LogP contribution in [-0.4, -0.2) is 11.5 Å². The van der Waals surface area contributed by atoms with E-state index in [2.05, 4.69) is 49.4 Å². The Balaban J connectivity index is 1.26. The van der Waals surface area contributed by atoms with Crippen LogP contribution in [-0.2, 0) is 17.6 Å². The first-order valence-electron chi connectivity index (χ1n) is 13.4. The molecule has 2 nitrogen and oxygen atoms in total. The van der Waals surface area contributed by atoms with Crippen molar-refractivity contribution in [2.75, 3.05) is 0 Å². The van der Waals surface area contributed by atoms with Crippen molar-refractivity contribution in [2.45, 2.75) is 96.8 Å². The van der Waals surface area contributed by atoms with Gasteiger partial charge >= 0.3 is 0 Å². The van der Waals surface area contributed by atoms with Crippen LogP contribution in [0.15, 0.2) is 64.8 Å². The number of ketones is 1. The Morgan fingerprint density at radius 2 is 1.88 bits per heavy atom. The highest BCUT2D eigenvalue weighted by molar-refractivity contribution is 6.06. The van der Waals surface area contributed by atoms with Gasteiger partial charge in [0.1, 0.15) is 5.78 Å². The lowest BCUT2D eigenvalue weighted by Gasteiger charge is -2.30. The van der Waals surface area contributed by atoms with Crippen LogP contribution in [0.3, 0.4) is 0 Å². The summed E-state index contributed by atoms with van der Waals surface area (Å²) in [5.41, 5.74) is 6.96. The summed E-state index contributed by atoms with van der Waals surface area (Å²) in [5.74, 6) is 1.47. The van der Waals surface area contributed by atoms with E-state index in [1.54, 1.807) is 0 Å². The number of carbonyl (C=O) groups excluding carboxylic acids is 1. The number of carbonyl (C=O) groups is 1. The van der Waals surface area contributed by atoms with Gasteiger partial charge in [0.05, 0.1) is 5.71 Å². The van der Waals surface area contributed by atoms with Gasteiger partial charge in [0.15, 0.2) is 0 Å². The molecule has 2 heteroatoms. The first-order chi connectivity index (χ1) is 16.2. The number of allylic oxidation sites excluding steroid dienone is 5. The third-order valence-electron chi connectivity index (χ3n) is 7.68. The summed E-state index contributed by atoms with van der Waals surface area (Å²) >= 11 is 0. The maximum Gasteiger partial charge on any atom is 0.133 e. The van der Waals surface area contributed by atoms with Crippen molar-refractivity contribution in [3.05, 3.63) is 71.0 Å². The van der Waals surface area contributed by atoms with Gasteiger partial charge in [0, 0.05) is 25.0 Å². The van der Waals surface area contributed by atoms with E-state index in [1.165, 1.54) is 72.9 Å². The zero-order valence-corrected chi connectivity index (χ0v) is 20.5. The highest BCUT2D eigenvalue weighted by Gasteiger charge is 2.30. The van der Waals surface area contributed by atoms with Crippen molar-refractivity contribution in [2.24, 2.45) is 16.8 Å². The number of rotatable bonds is 11. The van der Waals surface area contributed by atoms with Crippen LogP contribution in [0.1, 0.15) is 95.1 Å². The second kappa shape index (κ2) is 12.3. The quantitative estimate of drug-likeness (QED) is 0.317. The molecule has 176 valence electrons. The van der Waals surface area contributed by atoms with Gasteiger partial charge in [-0.25, -0.2) is 0 Å². The molecule has 1 saturated carbocycles. The molecule has 1 fully saturated rings. The lowest BCUT2D eigenvalue weighted by atomic mass is 9.75. The fraction of sp³-hybridized carbons (Fsp3) is 0.548. The summed E-state index contributed by atoms with van der Waals surface area (Å²) in [6.07, 6.45) is 24.3. The summed E-state index contributed by atoms with van der Waals surface area (Å²) < 4.78 is 0. The number of hydrogen-bond acceptors (Lipinski definition) is 2. The number of Topliss-reactive ketones (excluding diaryl/α,β-unsaturated/α-hetero) is 1. The second-order valence-corrected chi connectivity index (χ2v) is 10.3. The van der Waals surface area contributed by atoms with E-state index in [4.69, 9.17) is 4.99 Å². The molecule has 3 aliphatic rings. The Hall–Kier alpha value is -2.22. The minimum Gasteiger partial charge on any atom is -0.300 e. The van der Waals surface area contributed by atoms with Gasteiger partial charge in [-0.15, -0.1) is 0 Å². The predicted molar refractivity (Wildman–Crippen MR) is 140 cm³/mol. The summed E-state index contributed by atoms with van der Waals surface area (Å²) in [6.45, 7) is 2.26. The van der Waals surface area contributed by atoms with Crippen molar-refractivity contribution < 1.29 is 4.79 Å². The molecular formula is C31H41NO. The van der Waals surface area contributed by atoms with Gasteiger partial charge < -0.3 is 0 Å². The van der Waals surface area contributed by atoms with E-state index in [0.29, 0.717) is 24.0 Å². The zero-order valence-electron chi connectivity index (χ0n) is 20.5. The minimum absolute atomic E-state index is 0.442. The SMILES string of the molecule is CCCCCCc1cccc(CCC(=O)CC2CCCC(C3=NC=CCC4=C3C=CC4)C2)c1. The molecule has 1 aromatic carbocycles. The van der Waals surface area contributed by atoms with Crippen molar-refractivity contribution in [3.8, 4) is 0 Å². The average Bonchev–Trinajstić information content (AvgIpc) is 3.20. The summed E-state index contributed by atoms with van der Waals surface area (Å²) in [5, 5.41) is 0. The van der Waals surface area contributed by atoms with Crippen LogP contribution < -0.4 is 0 Å². The number of aryl methyl sites for hydroxylation is 2. The highest BCUT2D eigenvalue weighted by Crippen LogP contribution is 2.37. The molecule has 0 bridgehead atoms. The molecule has 4 rings (SSSR count). The van der Waals surface area contributed by atoms with Crippen LogP contribution in [0.4, 0.5) is 0 Å². The van der Waals surface area contributed by atoms with Crippen LogP contribution in [0.25, 0.3) is 0 Å². The Kier molecular flexibility index (Phi) is 8.92. The first-order valence-corrected chi connectivity index (χ1v) is 13.4. The number of benzene rings is 1. The number of unbranched alkanes of at least 4 members (excludes halogenated alkanes) is 3. The molecule has 0 aromatic heterocycles. The molecule has 0 radical (unpaired) electrons. The minimum atomic E-state index is 0.442. The van der Waals surface area contributed by atoms with Crippen LogP contribution >= 0.6 is 0 Å². The van der Waals surface area contributed by atoms with E-state index in [1.807, 2.05) is 6.20 Å². The lowest BCUT2D eigenvalue weighted by molar-refractivity contribution is -0.120. The molecule has 2 unspecified atom stereocenters. The lowest BCUT2D eigenvalue weighted by Crippen LogP contribution is -2.25. The number of aliphatic imine (C=N–C) groups is 1. The van der Waals surface area contributed by atoms with Crippen LogP contribution in [0, 0.1) is 11.8 Å². The number of hydrogen-bond donors (Lipinski definition) is 0. The molecule has 0 saturated heterocycles. The van der Waals surface area contributed by atoms with Gasteiger partial charge in [-0.3, -0.25) is 9.79 Å². The maximum absolute atomic E-state index is 12.9. The zero-order chi connectivity index (χ0) is 22.9. The van der Waals surface area contributed by atoms with Crippen LogP contribution in [0.2, 0.25) is 0 Å². The van der Waals surface area contributed by atoms with Crippen molar-refractivity contribution in [1.29, 1.82) is 0 Å². The topological polar surface area (TPSA) is 29.4 Å². The standard InChI is InChI=1S/C31H41NO/c1-2-3-4-5-10-24-11-6-12-25(21-24)18-19-29(33)23-26-13-7-15-28(22-26)31-30-17-8-14-27(30)16-9-20-32-31/h6,8-9,11-12,17,20-21,26,28H,2-5,7,10,13-16,18-19,22-23H2,1H3. The third kappa shape index (κ3) is 6.88. The fourth-order valence-corrected chi connectivity index (χ4v) is 5.86. The average molecular weight is 444 g/mol. The smallest absolute Gasteiger partial charge is 0.133 e. The molecule has 0 spiro atoms. The molecule has 1 aliphatic heterocycles. The van der Waals surface area contributed by atoms with Gasteiger partial charge in [0.25, 0.3) is 0 Å². The van der Waals surface area contributed by atoms with Crippen LogP contribution in [0.5, 0.6) is 0 Å². The third-order valence-corrected chi connectivity index (χ3v) is 7.68. The maximum atomic E-state index is 12.9. The molecule has 2 aliphatic carbocycles. The summed E-state index contributed by atoms with van der Waals surface area (Å²) in [7, 11) is 0. The van der Waals surface area contributed by atoms with E-state index >= 15 is 0 Å². The van der Waals surface area contributed by atoms with E-state index in [9.17, 15) is 4.79 Å². The largest absolute Gasteiger partial charge is 0.300 e. The second-order valence-electron chi connectivity index (χ2n) is 10.3. The van der Waals surface area contributed by atoms with Crippen molar-refractivity contribution >= 4 is 11.5 Å². The Morgan fingerprint density at radius 3 is 2.76 bits per heavy atom. The van der Waals surface area contributed by atoms with E-state index in [-0.39, 0.29) is 0 Å². The van der Waals surface area contributed by atoms with Crippen molar-refractivity contribution in [1.82, 2.24) is 0 Å². The molecule has 1 aromatic rings. The monoisotopic (exact) mass is 443 g/mol. The molecule has 0 N–H and O–H groups in total. The van der Waals surface area contributed by atoms with Crippen molar-refractivity contribution in [3.63, 3.8) is 0 Å². The summed E-state index contributed by atoms with van der Waals surface area (Å²) in [6, 6.07) is 8.93. The van der Waals surface area contributed by atoms with E-state index < -0.39 is 0 Å². The molecule has 33 heavy (non-hydrogen) atoms. The Labute approximate surface area is 201 Å². The van der Waals surface area contributed by atoms with Gasteiger partial charge in [0.2, 0.25) is 0 Å². The first kappa shape index (κ1) is 23.9. The highest BCUT2D eigenvalue weighted by atomic mass is 16.1. The summed E-state index contributed by atoms with van der Waals surface area (Å²) in [4.78, 5) is 17.7. The number of nitrogens with zero attached hydrogens (tertiary/aromatic N) is 1. The fourth-order valence-electron chi connectivity index (χ4n) is 5.86. The molecular weight excluding hydrogens is 402 g/mol. The molecule has 1 heterocycles. The normalized spacial score (nSPS) is 22.3. The predicted octanol–water partition coefficient (Wildman–Crippen LogP) is 8.12. The van der Waals surface area contributed by atoms with E-state index in [0.717, 1.165) is 38.5 Å². The van der Waals surface area contributed by atoms with Gasteiger partial charge in [-0.2, -0.15) is 0 Å². The molecule has 0 amide bonds. The van der Waals surface area contributed by atoms with Gasteiger partial charge in [-0.05, 0) is 74.0 Å². The Bertz CT molecular complexity index is 932. The van der Waals surface area contributed by atoms with Gasteiger partial charge in [-0.1, -0.05) is 80.7 Å².